The molecule has 0 amide bonds. The van der Waals surface area contributed by atoms with E-state index >= 15 is 0 Å². The van der Waals surface area contributed by atoms with E-state index in [4.69, 9.17) is 0 Å². The van der Waals surface area contributed by atoms with Gasteiger partial charge >= 0.3 is 0 Å². The first-order valence-corrected chi connectivity index (χ1v) is 8.69. The van der Waals surface area contributed by atoms with E-state index in [1.165, 1.54) is 44.9 Å². The third-order valence-electron chi connectivity index (χ3n) is 5.36. The molecule has 1 heteroatoms. The van der Waals surface area contributed by atoms with Crippen LogP contribution in [0.25, 0.3) is 5.57 Å². The average molecular weight is 283 g/mol. The molecule has 0 radical (unpaired) electrons. The van der Waals surface area contributed by atoms with E-state index in [0.29, 0.717) is 0 Å². The molecule has 21 heavy (non-hydrogen) atoms. The van der Waals surface area contributed by atoms with E-state index in [1.807, 2.05) is 0 Å². The molecule has 0 saturated heterocycles. The summed E-state index contributed by atoms with van der Waals surface area (Å²) in [4.78, 5) is 2.29. The molecule has 2 aliphatic carbocycles. The molecule has 0 aromatic heterocycles. The van der Waals surface area contributed by atoms with Crippen LogP contribution in [0.3, 0.4) is 0 Å². The number of hydrogen-bond donors (Lipinski definition) is 0. The second-order valence-electron chi connectivity index (χ2n) is 7.10. The van der Waals surface area contributed by atoms with Crippen LogP contribution in [0.1, 0.15) is 49.7 Å². The minimum absolute atomic E-state index is 0.824. The van der Waals surface area contributed by atoms with Crippen molar-refractivity contribution in [2.75, 3.05) is 20.6 Å². The summed E-state index contributed by atoms with van der Waals surface area (Å²) in [5, 5.41) is 0. The SMILES string of the molecule is CN(C)CCC=C1c2ccccc2CCC2CCCCC12. The lowest BCUT2D eigenvalue weighted by molar-refractivity contribution is 0.280. The quantitative estimate of drug-likeness (QED) is 0.772. The first-order chi connectivity index (χ1) is 10.3. The normalized spacial score (nSPS) is 27.3. The van der Waals surface area contributed by atoms with Gasteiger partial charge in [0.1, 0.15) is 0 Å². The molecule has 2 unspecified atom stereocenters. The predicted octanol–water partition coefficient (Wildman–Crippen LogP) is 4.77. The molecule has 1 nitrogen and oxygen atoms in total. The van der Waals surface area contributed by atoms with Crippen molar-refractivity contribution in [3.63, 3.8) is 0 Å². The van der Waals surface area contributed by atoms with Gasteiger partial charge in [0.25, 0.3) is 0 Å². The zero-order chi connectivity index (χ0) is 14.7. The number of benzene rings is 1. The van der Waals surface area contributed by atoms with E-state index in [9.17, 15) is 0 Å². The third kappa shape index (κ3) is 3.40. The maximum atomic E-state index is 2.56. The van der Waals surface area contributed by atoms with Gasteiger partial charge in [-0.05, 0) is 74.7 Å². The maximum absolute atomic E-state index is 2.56. The van der Waals surface area contributed by atoms with Gasteiger partial charge in [-0.2, -0.15) is 0 Å². The molecule has 2 atom stereocenters. The lowest BCUT2D eigenvalue weighted by Crippen LogP contribution is -2.20. The Balaban J connectivity index is 1.92. The van der Waals surface area contributed by atoms with Gasteiger partial charge in [0.15, 0.2) is 0 Å². The fourth-order valence-electron chi connectivity index (χ4n) is 4.26. The molecular weight excluding hydrogens is 254 g/mol. The van der Waals surface area contributed by atoms with Crippen LogP contribution in [0.4, 0.5) is 0 Å². The Morgan fingerprint density at radius 3 is 2.76 bits per heavy atom. The smallest absolute Gasteiger partial charge is 0.00100 e. The summed E-state index contributed by atoms with van der Waals surface area (Å²) in [6.45, 7) is 1.16. The van der Waals surface area contributed by atoms with E-state index < -0.39 is 0 Å². The van der Waals surface area contributed by atoms with Gasteiger partial charge in [0, 0.05) is 6.54 Å². The number of hydrogen-bond acceptors (Lipinski definition) is 1. The van der Waals surface area contributed by atoms with E-state index in [-0.39, 0.29) is 0 Å². The Labute approximate surface area is 130 Å². The van der Waals surface area contributed by atoms with Gasteiger partial charge in [-0.15, -0.1) is 0 Å². The third-order valence-corrected chi connectivity index (χ3v) is 5.36. The van der Waals surface area contributed by atoms with Gasteiger partial charge < -0.3 is 4.90 Å². The number of nitrogens with zero attached hydrogens (tertiary/aromatic N) is 1. The Kier molecular flexibility index (Phi) is 4.80. The van der Waals surface area contributed by atoms with Crippen LogP contribution in [0.5, 0.6) is 0 Å². The van der Waals surface area contributed by atoms with Crippen molar-refractivity contribution in [3.8, 4) is 0 Å². The summed E-state index contributed by atoms with van der Waals surface area (Å²) < 4.78 is 0. The molecule has 3 rings (SSSR count). The molecule has 2 aliphatic rings. The Morgan fingerprint density at radius 1 is 1.10 bits per heavy atom. The van der Waals surface area contributed by atoms with Gasteiger partial charge in [0.2, 0.25) is 0 Å². The monoisotopic (exact) mass is 283 g/mol. The molecule has 0 aliphatic heterocycles. The van der Waals surface area contributed by atoms with Crippen molar-refractivity contribution in [2.24, 2.45) is 11.8 Å². The zero-order valence-electron chi connectivity index (χ0n) is 13.6. The van der Waals surface area contributed by atoms with Crippen LogP contribution in [0, 0.1) is 11.8 Å². The number of fused-ring (bicyclic) bond motifs is 2. The second-order valence-corrected chi connectivity index (χ2v) is 7.10. The minimum Gasteiger partial charge on any atom is -0.309 e. The molecule has 1 saturated carbocycles. The minimum atomic E-state index is 0.824. The van der Waals surface area contributed by atoms with Crippen LogP contribution < -0.4 is 0 Å². The van der Waals surface area contributed by atoms with E-state index in [1.54, 1.807) is 16.7 Å². The largest absolute Gasteiger partial charge is 0.309 e. The van der Waals surface area contributed by atoms with Crippen molar-refractivity contribution in [3.05, 3.63) is 41.5 Å². The van der Waals surface area contributed by atoms with Gasteiger partial charge in [-0.1, -0.05) is 43.2 Å². The molecule has 0 bridgehead atoms. The summed E-state index contributed by atoms with van der Waals surface area (Å²) in [5.41, 5.74) is 4.82. The zero-order valence-corrected chi connectivity index (χ0v) is 13.6. The number of allylic oxidation sites excluding steroid dienone is 1. The summed E-state index contributed by atoms with van der Waals surface area (Å²) in [5.74, 6) is 1.75. The second kappa shape index (κ2) is 6.79. The maximum Gasteiger partial charge on any atom is 0.00100 e. The van der Waals surface area contributed by atoms with Crippen LogP contribution in [-0.4, -0.2) is 25.5 Å². The van der Waals surface area contributed by atoms with Crippen molar-refractivity contribution in [1.82, 2.24) is 4.90 Å². The molecule has 0 N–H and O–H groups in total. The highest BCUT2D eigenvalue weighted by atomic mass is 15.0. The molecule has 1 fully saturated rings. The summed E-state index contributed by atoms with van der Waals surface area (Å²) in [6, 6.07) is 9.16. The molecule has 1 aromatic rings. The lowest BCUT2D eigenvalue weighted by atomic mass is 9.73. The molecular formula is C20H29N. The topological polar surface area (TPSA) is 3.24 Å². The van der Waals surface area contributed by atoms with Gasteiger partial charge in [-0.25, -0.2) is 0 Å². The Bertz CT molecular complexity index is 500. The molecule has 114 valence electrons. The van der Waals surface area contributed by atoms with Crippen LogP contribution in [0.2, 0.25) is 0 Å². The highest BCUT2D eigenvalue weighted by Gasteiger charge is 2.31. The van der Waals surface area contributed by atoms with Gasteiger partial charge in [0.05, 0.1) is 0 Å². The predicted molar refractivity (Wildman–Crippen MR) is 91.4 cm³/mol. The Hall–Kier alpha value is -1.08. The fraction of sp³-hybridized carbons (Fsp3) is 0.600. The van der Waals surface area contributed by atoms with Crippen LogP contribution in [0.15, 0.2) is 30.3 Å². The highest BCUT2D eigenvalue weighted by Crippen LogP contribution is 2.45. The summed E-state index contributed by atoms with van der Waals surface area (Å²) >= 11 is 0. The van der Waals surface area contributed by atoms with Crippen molar-refractivity contribution in [2.45, 2.75) is 44.9 Å². The number of rotatable bonds is 3. The average Bonchev–Trinajstić information content (AvgIpc) is 2.65. The van der Waals surface area contributed by atoms with Crippen molar-refractivity contribution >= 4 is 5.57 Å². The summed E-state index contributed by atoms with van der Waals surface area (Å²) in [7, 11) is 4.34. The lowest BCUT2D eigenvalue weighted by Gasteiger charge is -2.32. The fourth-order valence-corrected chi connectivity index (χ4v) is 4.26. The van der Waals surface area contributed by atoms with Crippen molar-refractivity contribution < 1.29 is 0 Å². The van der Waals surface area contributed by atoms with Crippen LogP contribution >= 0.6 is 0 Å². The molecule has 1 aromatic carbocycles. The molecule has 0 spiro atoms. The van der Waals surface area contributed by atoms with E-state index in [0.717, 1.165) is 18.4 Å². The molecule has 0 heterocycles. The van der Waals surface area contributed by atoms with E-state index in [2.05, 4.69) is 49.3 Å². The first kappa shape index (κ1) is 14.8. The van der Waals surface area contributed by atoms with Crippen molar-refractivity contribution in [1.29, 1.82) is 0 Å². The first-order valence-electron chi connectivity index (χ1n) is 8.69. The standard InChI is InChI=1S/C20H29N/c1-21(2)15-7-12-20-18-10-5-3-8-16(18)13-14-17-9-4-6-11-19(17)20/h3,5,8,10,12,17,19H,4,6-7,9,11,13-15H2,1-2H3. The number of aryl methyl sites for hydroxylation is 1. The van der Waals surface area contributed by atoms with Crippen LogP contribution in [-0.2, 0) is 6.42 Å². The summed E-state index contributed by atoms with van der Waals surface area (Å²) in [6.07, 6.45) is 12.1. The highest BCUT2D eigenvalue weighted by molar-refractivity contribution is 5.71. The van der Waals surface area contributed by atoms with Gasteiger partial charge in [-0.3, -0.25) is 0 Å². The Morgan fingerprint density at radius 2 is 1.90 bits per heavy atom.